The molecule has 0 aliphatic carbocycles. The van der Waals surface area contributed by atoms with Gasteiger partial charge in [-0.1, -0.05) is 0 Å². The molecule has 0 saturated heterocycles. The maximum Gasteiger partial charge on any atom is 0.258 e. The molecule has 10 heteroatoms. The van der Waals surface area contributed by atoms with E-state index >= 15 is 0 Å². The Morgan fingerprint density at radius 1 is 1.25 bits per heavy atom. The Bertz CT molecular complexity index is 634. The predicted octanol–water partition coefficient (Wildman–Crippen LogP) is -0.652. The van der Waals surface area contributed by atoms with Crippen molar-refractivity contribution in [3.05, 3.63) is 12.7 Å². The molecule has 1 N–H and O–H groups in total. The highest BCUT2D eigenvalue weighted by Gasteiger charge is 2.14. The summed E-state index contributed by atoms with van der Waals surface area (Å²) in [7, 11) is 1.66. The SMILES string of the molecule is CNc1nc(N(CC#N)CC#N)nc(-n2cncn2)n1. The number of nitriles is 2. The van der Waals surface area contributed by atoms with E-state index in [0.29, 0.717) is 5.95 Å². The molecule has 0 fully saturated rings. The smallest absolute Gasteiger partial charge is 0.258 e. The lowest BCUT2D eigenvalue weighted by atomic mass is 10.5. The summed E-state index contributed by atoms with van der Waals surface area (Å²) in [5, 5.41) is 24.3. The van der Waals surface area contributed by atoms with Gasteiger partial charge in [0, 0.05) is 7.05 Å². The first kappa shape index (κ1) is 13.2. The summed E-state index contributed by atoms with van der Waals surface area (Å²) >= 11 is 0. The maximum atomic E-state index is 8.79. The highest BCUT2D eigenvalue weighted by Crippen LogP contribution is 2.12. The molecule has 2 heterocycles. The molecule has 0 saturated carbocycles. The molecule has 2 aromatic rings. The Morgan fingerprint density at radius 3 is 2.55 bits per heavy atom. The van der Waals surface area contributed by atoms with Gasteiger partial charge in [-0.25, -0.2) is 4.98 Å². The average molecular weight is 270 g/mol. The Labute approximate surface area is 114 Å². The molecule has 0 aliphatic heterocycles. The van der Waals surface area contributed by atoms with Crippen molar-refractivity contribution in [1.82, 2.24) is 29.7 Å². The van der Waals surface area contributed by atoms with Gasteiger partial charge >= 0.3 is 0 Å². The van der Waals surface area contributed by atoms with Gasteiger partial charge in [-0.05, 0) is 0 Å². The fourth-order valence-electron chi connectivity index (χ4n) is 1.39. The zero-order valence-corrected chi connectivity index (χ0v) is 10.6. The van der Waals surface area contributed by atoms with Crippen LogP contribution in [0.4, 0.5) is 11.9 Å². The average Bonchev–Trinajstić information content (AvgIpc) is 3.01. The zero-order valence-electron chi connectivity index (χ0n) is 10.6. The lowest BCUT2D eigenvalue weighted by Gasteiger charge is -2.16. The first-order chi connectivity index (χ1) is 9.78. The summed E-state index contributed by atoms with van der Waals surface area (Å²) in [6, 6.07) is 3.92. The number of hydrogen-bond donors (Lipinski definition) is 1. The van der Waals surface area contributed by atoms with Gasteiger partial charge < -0.3 is 10.2 Å². The van der Waals surface area contributed by atoms with Crippen LogP contribution in [0.2, 0.25) is 0 Å². The minimum Gasteiger partial charge on any atom is -0.357 e. The molecule has 20 heavy (non-hydrogen) atoms. The number of aromatic nitrogens is 6. The maximum absolute atomic E-state index is 8.79. The molecule has 0 bridgehead atoms. The highest BCUT2D eigenvalue weighted by molar-refractivity contribution is 5.41. The van der Waals surface area contributed by atoms with Crippen LogP contribution in [0, 0.1) is 22.7 Å². The Balaban J connectivity index is 2.45. The van der Waals surface area contributed by atoms with Gasteiger partial charge in [-0.2, -0.15) is 35.3 Å². The van der Waals surface area contributed by atoms with Crippen LogP contribution < -0.4 is 10.2 Å². The minimum absolute atomic E-state index is 0.00246. The summed E-state index contributed by atoms with van der Waals surface area (Å²) in [6.45, 7) is -0.00491. The van der Waals surface area contributed by atoms with E-state index in [1.807, 2.05) is 12.1 Å². The van der Waals surface area contributed by atoms with Crippen molar-refractivity contribution in [2.45, 2.75) is 0 Å². The summed E-state index contributed by atoms with van der Waals surface area (Å²) < 4.78 is 1.36. The van der Waals surface area contributed by atoms with Crippen LogP contribution in [-0.2, 0) is 0 Å². The third-order valence-electron chi connectivity index (χ3n) is 2.27. The molecule has 2 rings (SSSR count). The highest BCUT2D eigenvalue weighted by atomic mass is 15.4. The Kier molecular flexibility index (Phi) is 3.99. The summed E-state index contributed by atoms with van der Waals surface area (Å²) in [4.78, 5) is 17.7. The van der Waals surface area contributed by atoms with Gasteiger partial charge in [0.1, 0.15) is 25.7 Å². The number of nitrogens with zero attached hydrogens (tertiary/aromatic N) is 9. The fourth-order valence-corrected chi connectivity index (χ4v) is 1.39. The second-order valence-corrected chi connectivity index (χ2v) is 3.52. The monoisotopic (exact) mass is 270 g/mol. The van der Waals surface area contributed by atoms with E-state index in [0.717, 1.165) is 0 Å². The zero-order chi connectivity index (χ0) is 14.4. The van der Waals surface area contributed by atoms with Crippen molar-refractivity contribution in [3.63, 3.8) is 0 Å². The third kappa shape index (κ3) is 2.76. The summed E-state index contributed by atoms with van der Waals surface area (Å²) in [5.74, 6) is 0.775. The van der Waals surface area contributed by atoms with E-state index in [1.54, 1.807) is 7.05 Å². The summed E-state index contributed by atoms with van der Waals surface area (Å²) in [6.07, 6.45) is 2.79. The van der Waals surface area contributed by atoms with Crippen LogP contribution in [-0.4, -0.2) is 49.9 Å². The topological polar surface area (TPSA) is 132 Å². The van der Waals surface area contributed by atoms with Gasteiger partial charge in [0.05, 0.1) is 12.1 Å². The van der Waals surface area contributed by atoms with Gasteiger partial charge in [0.2, 0.25) is 11.9 Å². The van der Waals surface area contributed by atoms with Crippen molar-refractivity contribution in [2.24, 2.45) is 0 Å². The van der Waals surface area contributed by atoms with Gasteiger partial charge in [-0.15, -0.1) is 0 Å². The van der Waals surface area contributed by atoms with Crippen molar-refractivity contribution in [1.29, 1.82) is 10.5 Å². The number of rotatable bonds is 5. The van der Waals surface area contributed by atoms with Gasteiger partial charge in [-0.3, -0.25) is 0 Å². The molecule has 0 unspecified atom stereocenters. The normalized spacial score (nSPS) is 9.55. The molecular weight excluding hydrogens is 260 g/mol. The van der Waals surface area contributed by atoms with Crippen LogP contribution in [0.3, 0.4) is 0 Å². The summed E-state index contributed by atoms with van der Waals surface area (Å²) in [5.41, 5.74) is 0. The molecule has 100 valence electrons. The molecule has 0 atom stereocenters. The number of hydrogen-bond acceptors (Lipinski definition) is 9. The molecule has 10 nitrogen and oxygen atoms in total. The molecule has 0 amide bonds. The predicted molar refractivity (Wildman–Crippen MR) is 67.7 cm³/mol. The van der Waals surface area contributed by atoms with Crippen molar-refractivity contribution in [3.8, 4) is 18.1 Å². The van der Waals surface area contributed by atoms with Crippen LogP contribution in [0.1, 0.15) is 0 Å². The molecule has 0 aromatic carbocycles. The lowest BCUT2D eigenvalue weighted by molar-refractivity contribution is 0.779. The van der Waals surface area contributed by atoms with E-state index in [2.05, 4.69) is 30.4 Å². The van der Waals surface area contributed by atoms with E-state index < -0.39 is 0 Å². The van der Waals surface area contributed by atoms with Crippen molar-refractivity contribution >= 4 is 11.9 Å². The number of nitrogens with one attached hydrogen (secondary N) is 1. The van der Waals surface area contributed by atoms with Gasteiger partial charge in [0.25, 0.3) is 5.95 Å². The third-order valence-corrected chi connectivity index (χ3v) is 2.27. The van der Waals surface area contributed by atoms with Crippen LogP contribution in [0.25, 0.3) is 5.95 Å². The first-order valence-corrected chi connectivity index (χ1v) is 5.56. The van der Waals surface area contributed by atoms with Crippen molar-refractivity contribution < 1.29 is 0 Å². The molecular formula is C10H10N10. The quantitative estimate of drug-likeness (QED) is 0.703. The fraction of sp³-hybridized carbons (Fsp3) is 0.300. The first-order valence-electron chi connectivity index (χ1n) is 5.56. The van der Waals surface area contributed by atoms with E-state index in [1.165, 1.54) is 22.2 Å². The van der Waals surface area contributed by atoms with E-state index in [9.17, 15) is 0 Å². The van der Waals surface area contributed by atoms with Crippen molar-refractivity contribution in [2.75, 3.05) is 30.4 Å². The van der Waals surface area contributed by atoms with Crippen LogP contribution >= 0.6 is 0 Å². The standard InChI is InChI=1S/C10H10N10/c1-13-8-16-9(19(4-2-11)5-3-12)18-10(17-8)20-7-14-6-15-20/h6-7H,4-5H2,1H3,(H,13,16,17,18). The van der Waals surface area contributed by atoms with E-state index in [-0.39, 0.29) is 25.0 Å². The Morgan fingerprint density at radius 2 is 2.00 bits per heavy atom. The minimum atomic E-state index is -0.00246. The molecule has 2 aromatic heterocycles. The number of anilines is 2. The van der Waals surface area contributed by atoms with Crippen LogP contribution in [0.15, 0.2) is 12.7 Å². The van der Waals surface area contributed by atoms with Crippen LogP contribution in [0.5, 0.6) is 0 Å². The second kappa shape index (κ2) is 6.06. The van der Waals surface area contributed by atoms with Gasteiger partial charge in [0.15, 0.2) is 0 Å². The lowest BCUT2D eigenvalue weighted by Crippen LogP contribution is -2.27. The Hall–Kier alpha value is -3.27. The molecule has 0 radical (unpaired) electrons. The largest absolute Gasteiger partial charge is 0.357 e. The molecule has 0 aliphatic rings. The molecule has 0 spiro atoms. The second-order valence-electron chi connectivity index (χ2n) is 3.52. The van der Waals surface area contributed by atoms with E-state index in [4.69, 9.17) is 10.5 Å².